The molecule has 3 aromatic rings. The van der Waals surface area contributed by atoms with Gasteiger partial charge in [-0.25, -0.2) is 17.5 Å². The van der Waals surface area contributed by atoms with E-state index in [2.05, 4.69) is 5.10 Å². The summed E-state index contributed by atoms with van der Waals surface area (Å²) in [4.78, 5) is 14.6. The first kappa shape index (κ1) is 23.1. The number of hydrogen-bond acceptors (Lipinski definition) is 4. The molecule has 1 aromatic heterocycles. The zero-order valence-corrected chi connectivity index (χ0v) is 19.6. The van der Waals surface area contributed by atoms with Crippen molar-refractivity contribution in [3.05, 3.63) is 77.4 Å². The smallest absolute Gasteiger partial charge is 0.243 e. The second-order valence-electron chi connectivity index (χ2n) is 8.14. The Labute approximate surface area is 193 Å². The molecule has 1 amide bonds. The molecule has 0 unspecified atom stereocenters. The minimum Gasteiger partial charge on any atom is -0.340 e. The molecule has 0 N–H and O–H groups in total. The predicted molar refractivity (Wildman–Crippen MR) is 123 cm³/mol. The minimum atomic E-state index is -3.70. The number of carbonyl (C=O) groups excluding carboxylic acids is 1. The number of amides is 1. The van der Waals surface area contributed by atoms with Gasteiger partial charge in [0.15, 0.2) is 0 Å². The number of halogens is 1. The molecule has 4 rings (SSSR count). The van der Waals surface area contributed by atoms with Crippen LogP contribution in [-0.2, 0) is 21.2 Å². The topological polar surface area (TPSA) is 75.5 Å². The molecule has 2 aromatic carbocycles. The Kier molecular flexibility index (Phi) is 6.62. The lowest BCUT2D eigenvalue weighted by atomic mass is 10.1. The average molecular weight is 471 g/mol. The van der Waals surface area contributed by atoms with Crippen molar-refractivity contribution in [2.45, 2.75) is 31.6 Å². The van der Waals surface area contributed by atoms with Gasteiger partial charge >= 0.3 is 0 Å². The molecule has 0 saturated carbocycles. The Balaban J connectivity index is 1.36. The summed E-state index contributed by atoms with van der Waals surface area (Å²) >= 11 is 0. The van der Waals surface area contributed by atoms with Crippen molar-refractivity contribution in [3.63, 3.8) is 0 Å². The van der Waals surface area contributed by atoms with Gasteiger partial charge in [-0.15, -0.1) is 0 Å². The molecule has 0 bridgehead atoms. The molecule has 2 heterocycles. The van der Waals surface area contributed by atoms with Crippen molar-refractivity contribution in [2.24, 2.45) is 0 Å². The lowest BCUT2D eigenvalue weighted by Crippen LogP contribution is -2.50. The van der Waals surface area contributed by atoms with Crippen LogP contribution >= 0.6 is 0 Å². The van der Waals surface area contributed by atoms with Gasteiger partial charge in [-0.1, -0.05) is 18.2 Å². The molecule has 0 atom stereocenters. The molecule has 7 nitrogen and oxygen atoms in total. The first-order chi connectivity index (χ1) is 15.8. The summed E-state index contributed by atoms with van der Waals surface area (Å²) in [5.74, 6) is -0.482. The number of rotatable bonds is 6. The summed E-state index contributed by atoms with van der Waals surface area (Å²) in [7, 11) is -3.70. The van der Waals surface area contributed by atoms with Crippen molar-refractivity contribution < 1.29 is 17.6 Å². The lowest BCUT2D eigenvalue weighted by Gasteiger charge is -2.34. The Morgan fingerprint density at radius 2 is 1.61 bits per heavy atom. The number of aromatic nitrogens is 2. The van der Waals surface area contributed by atoms with Crippen LogP contribution in [0.15, 0.2) is 59.5 Å². The van der Waals surface area contributed by atoms with E-state index in [1.807, 2.05) is 48.9 Å². The molecule has 0 spiro atoms. The highest BCUT2D eigenvalue weighted by Gasteiger charge is 2.30. The lowest BCUT2D eigenvalue weighted by molar-refractivity contribution is -0.132. The van der Waals surface area contributed by atoms with Gasteiger partial charge in [-0.2, -0.15) is 9.40 Å². The number of carbonyl (C=O) groups is 1. The third kappa shape index (κ3) is 4.84. The van der Waals surface area contributed by atoms with Crippen LogP contribution in [0.3, 0.4) is 0 Å². The van der Waals surface area contributed by atoms with Crippen molar-refractivity contribution in [1.82, 2.24) is 19.0 Å². The second-order valence-corrected chi connectivity index (χ2v) is 10.1. The van der Waals surface area contributed by atoms with Crippen LogP contribution < -0.4 is 0 Å². The quantitative estimate of drug-likeness (QED) is 0.555. The van der Waals surface area contributed by atoms with E-state index in [1.165, 1.54) is 16.4 Å². The van der Waals surface area contributed by atoms with Crippen LogP contribution in [0.2, 0.25) is 0 Å². The van der Waals surface area contributed by atoms with E-state index in [0.29, 0.717) is 25.9 Å². The van der Waals surface area contributed by atoms with Gasteiger partial charge in [0, 0.05) is 38.3 Å². The van der Waals surface area contributed by atoms with Crippen LogP contribution in [0.4, 0.5) is 4.39 Å². The zero-order chi connectivity index (χ0) is 23.6. The van der Waals surface area contributed by atoms with Crippen LogP contribution in [-0.4, -0.2) is 59.5 Å². The molecule has 0 aliphatic carbocycles. The van der Waals surface area contributed by atoms with Crippen molar-refractivity contribution >= 4 is 15.9 Å². The van der Waals surface area contributed by atoms with Crippen LogP contribution in [0, 0.1) is 19.7 Å². The van der Waals surface area contributed by atoms with E-state index in [1.54, 1.807) is 4.90 Å². The van der Waals surface area contributed by atoms with E-state index in [0.717, 1.165) is 34.8 Å². The highest BCUT2D eigenvalue weighted by atomic mass is 32.2. The summed E-state index contributed by atoms with van der Waals surface area (Å²) in [5, 5.41) is 4.64. The maximum Gasteiger partial charge on any atom is 0.243 e. The van der Waals surface area contributed by atoms with Gasteiger partial charge < -0.3 is 4.90 Å². The average Bonchev–Trinajstić information content (AvgIpc) is 3.11. The van der Waals surface area contributed by atoms with Gasteiger partial charge in [0.25, 0.3) is 0 Å². The Morgan fingerprint density at radius 1 is 0.970 bits per heavy atom. The maximum atomic E-state index is 13.1. The highest BCUT2D eigenvalue weighted by Crippen LogP contribution is 2.21. The number of benzene rings is 2. The van der Waals surface area contributed by atoms with Crippen molar-refractivity contribution in [1.29, 1.82) is 0 Å². The van der Waals surface area contributed by atoms with E-state index in [-0.39, 0.29) is 23.9 Å². The SMILES string of the molecule is Cc1nn(-c2ccccc2)c(C)c1CCC(=O)N1CCN(S(=O)(=O)c2ccc(F)cc2)CC1. The molecule has 1 fully saturated rings. The van der Waals surface area contributed by atoms with Crippen LogP contribution in [0.25, 0.3) is 5.69 Å². The van der Waals surface area contributed by atoms with Gasteiger partial charge in [0.2, 0.25) is 15.9 Å². The number of piperazine rings is 1. The van der Waals surface area contributed by atoms with E-state index in [4.69, 9.17) is 0 Å². The molecular formula is C24H27FN4O3S. The van der Waals surface area contributed by atoms with Crippen molar-refractivity contribution in [3.8, 4) is 5.69 Å². The molecular weight excluding hydrogens is 443 g/mol. The number of sulfonamides is 1. The molecule has 9 heteroatoms. The van der Waals surface area contributed by atoms with Crippen LogP contribution in [0.1, 0.15) is 23.4 Å². The highest BCUT2D eigenvalue weighted by molar-refractivity contribution is 7.89. The molecule has 1 saturated heterocycles. The Hall–Kier alpha value is -3.04. The first-order valence-electron chi connectivity index (χ1n) is 10.9. The standard InChI is InChI=1S/C24H27FN4O3S/c1-18-23(19(2)29(26-18)21-6-4-3-5-7-21)12-13-24(30)27-14-16-28(17-15-27)33(31,32)22-10-8-20(25)9-11-22/h3-11H,12-17H2,1-2H3. The molecule has 1 aliphatic heterocycles. The summed E-state index contributed by atoms with van der Waals surface area (Å²) in [6.07, 6.45) is 0.921. The fourth-order valence-corrected chi connectivity index (χ4v) is 5.60. The zero-order valence-electron chi connectivity index (χ0n) is 18.7. The predicted octanol–water partition coefficient (Wildman–Crippen LogP) is 3.09. The molecule has 33 heavy (non-hydrogen) atoms. The Morgan fingerprint density at radius 3 is 2.24 bits per heavy atom. The second kappa shape index (κ2) is 9.44. The monoisotopic (exact) mass is 470 g/mol. The van der Waals surface area contributed by atoms with Gasteiger partial charge in [-0.3, -0.25) is 4.79 Å². The summed E-state index contributed by atoms with van der Waals surface area (Å²) in [6, 6.07) is 14.7. The third-order valence-corrected chi connectivity index (χ3v) is 7.99. The van der Waals surface area contributed by atoms with Gasteiger partial charge in [0.1, 0.15) is 5.82 Å². The molecule has 174 valence electrons. The summed E-state index contributed by atoms with van der Waals surface area (Å²) in [6.45, 7) is 5.06. The van der Waals surface area contributed by atoms with E-state index >= 15 is 0 Å². The minimum absolute atomic E-state index is 0.0000845. The number of para-hydroxylation sites is 1. The van der Waals surface area contributed by atoms with Crippen molar-refractivity contribution in [2.75, 3.05) is 26.2 Å². The normalized spacial score (nSPS) is 15.1. The Bertz CT molecular complexity index is 1230. The van der Waals surface area contributed by atoms with Crippen LogP contribution in [0.5, 0.6) is 0 Å². The number of nitrogens with zero attached hydrogens (tertiary/aromatic N) is 4. The van der Waals surface area contributed by atoms with Gasteiger partial charge in [0.05, 0.1) is 16.3 Å². The van der Waals surface area contributed by atoms with Gasteiger partial charge in [-0.05, 0) is 62.2 Å². The maximum absolute atomic E-state index is 13.1. The van der Waals surface area contributed by atoms with E-state index < -0.39 is 15.8 Å². The third-order valence-electron chi connectivity index (χ3n) is 6.07. The summed E-state index contributed by atoms with van der Waals surface area (Å²) < 4.78 is 41.9. The summed E-state index contributed by atoms with van der Waals surface area (Å²) in [5.41, 5.74) is 3.96. The number of hydrogen-bond donors (Lipinski definition) is 0. The fourth-order valence-electron chi connectivity index (χ4n) is 4.18. The number of aryl methyl sites for hydroxylation is 1. The molecule has 0 radical (unpaired) electrons. The first-order valence-corrected chi connectivity index (χ1v) is 12.4. The largest absolute Gasteiger partial charge is 0.340 e. The fraction of sp³-hybridized carbons (Fsp3) is 0.333. The molecule has 1 aliphatic rings. The van der Waals surface area contributed by atoms with E-state index in [9.17, 15) is 17.6 Å².